The third-order valence-electron chi connectivity index (χ3n) is 6.73. The zero-order valence-electron chi connectivity index (χ0n) is 21.0. The highest BCUT2D eigenvalue weighted by Crippen LogP contribution is 2.27. The van der Waals surface area contributed by atoms with E-state index in [1.165, 1.54) is 6.20 Å². The molecule has 2 radical (unpaired) electrons. The molecule has 38 heavy (non-hydrogen) atoms. The maximum absolute atomic E-state index is 13.2. The molecular weight excluding hydrogens is 483 g/mol. The number of pyridine rings is 1. The first-order valence-electron chi connectivity index (χ1n) is 12.6. The molecule has 2 amide bonds. The van der Waals surface area contributed by atoms with E-state index < -0.39 is 5.91 Å². The van der Waals surface area contributed by atoms with E-state index in [0.717, 1.165) is 49.3 Å². The Bertz CT molecular complexity index is 1300. The second-order valence-corrected chi connectivity index (χ2v) is 9.25. The van der Waals surface area contributed by atoms with Crippen molar-refractivity contribution in [3.63, 3.8) is 0 Å². The zero-order valence-corrected chi connectivity index (χ0v) is 21.0. The third-order valence-corrected chi connectivity index (χ3v) is 6.73. The third kappa shape index (κ3) is 5.76. The summed E-state index contributed by atoms with van der Waals surface area (Å²) in [7, 11) is 5.87. The Morgan fingerprint density at radius 1 is 1.11 bits per heavy atom. The molecule has 4 heterocycles. The number of nitrogens with zero attached hydrogens (tertiary/aromatic N) is 5. The molecule has 1 aromatic carbocycles. The number of amides is 2. The molecule has 2 fully saturated rings. The average molecular weight is 512 g/mol. The monoisotopic (exact) mass is 512 g/mol. The number of benzene rings is 1. The summed E-state index contributed by atoms with van der Waals surface area (Å²) in [4.78, 5) is 42.1. The minimum Gasteiger partial charge on any atom is -0.382 e. The van der Waals surface area contributed by atoms with Crippen LogP contribution in [0.2, 0.25) is 0 Å². The van der Waals surface area contributed by atoms with Crippen molar-refractivity contribution in [2.24, 2.45) is 0 Å². The molecule has 0 bridgehead atoms. The summed E-state index contributed by atoms with van der Waals surface area (Å²) < 4.78 is 5.43. The van der Waals surface area contributed by atoms with Crippen LogP contribution in [-0.2, 0) is 16.1 Å². The first kappa shape index (κ1) is 25.6. The summed E-state index contributed by atoms with van der Waals surface area (Å²) >= 11 is 0. The minimum atomic E-state index is -0.473. The average Bonchev–Trinajstić information content (AvgIpc) is 3.39. The van der Waals surface area contributed by atoms with Crippen molar-refractivity contribution in [3.8, 4) is 11.3 Å². The quantitative estimate of drug-likeness (QED) is 0.401. The van der Waals surface area contributed by atoms with Crippen LogP contribution in [0.5, 0.6) is 0 Å². The van der Waals surface area contributed by atoms with E-state index in [-0.39, 0.29) is 23.5 Å². The number of hydrogen-bond donors (Lipinski definition) is 3. The van der Waals surface area contributed by atoms with Crippen molar-refractivity contribution in [2.45, 2.75) is 25.4 Å². The number of morpholine rings is 1. The second-order valence-electron chi connectivity index (χ2n) is 9.25. The number of ether oxygens (including phenoxy) is 1. The van der Waals surface area contributed by atoms with E-state index in [4.69, 9.17) is 18.5 Å². The summed E-state index contributed by atoms with van der Waals surface area (Å²) in [5.41, 5.74) is 9.67. The predicted octanol–water partition coefficient (Wildman–Crippen LogP) is 1.37. The van der Waals surface area contributed by atoms with E-state index in [0.29, 0.717) is 31.1 Å². The number of nitrogens with one attached hydrogen (secondary N) is 2. The Hall–Kier alpha value is -4.03. The lowest BCUT2D eigenvalue weighted by atomic mass is 10.1. The number of nitrogen functional groups attached to an aromatic ring is 1. The molecule has 0 aliphatic carbocycles. The van der Waals surface area contributed by atoms with Gasteiger partial charge in [0.25, 0.3) is 5.91 Å². The number of aromatic nitrogens is 3. The van der Waals surface area contributed by atoms with Gasteiger partial charge in [0, 0.05) is 31.4 Å². The molecule has 0 spiro atoms. The van der Waals surface area contributed by atoms with Gasteiger partial charge in [-0.25, -0.2) is 9.97 Å². The number of nitrogens with two attached hydrogens (primary N) is 1. The van der Waals surface area contributed by atoms with Crippen LogP contribution in [0.25, 0.3) is 11.3 Å². The molecule has 2 aliphatic heterocycles. The SMILES string of the molecule is [B]N1CCC[C@H]1C(=O)NCc1ccc(-c2cnc(N)c(C(=O)Nc3cnccc3N3CCOCC3)n2)cc1. The van der Waals surface area contributed by atoms with Gasteiger partial charge in [0.1, 0.15) is 0 Å². The molecular formula is C26H29BN8O3. The number of hydrogen-bond acceptors (Lipinski definition) is 9. The van der Waals surface area contributed by atoms with Gasteiger partial charge in [0.05, 0.1) is 48.7 Å². The van der Waals surface area contributed by atoms with Crippen LogP contribution in [0.1, 0.15) is 28.9 Å². The fraction of sp³-hybridized carbons (Fsp3) is 0.346. The van der Waals surface area contributed by atoms with Crippen molar-refractivity contribution >= 4 is 37.0 Å². The molecule has 12 heteroatoms. The van der Waals surface area contributed by atoms with Crippen molar-refractivity contribution in [1.82, 2.24) is 25.1 Å². The number of rotatable bonds is 7. The van der Waals surface area contributed by atoms with Gasteiger partial charge in [0.15, 0.2) is 19.5 Å². The van der Waals surface area contributed by atoms with Crippen LogP contribution < -0.4 is 21.3 Å². The fourth-order valence-electron chi connectivity index (χ4n) is 4.62. The molecule has 0 unspecified atom stereocenters. The Balaban J connectivity index is 1.27. The van der Waals surface area contributed by atoms with Gasteiger partial charge < -0.3 is 30.8 Å². The normalized spacial score (nSPS) is 17.8. The van der Waals surface area contributed by atoms with Gasteiger partial charge in [-0.3, -0.25) is 14.6 Å². The lowest BCUT2D eigenvalue weighted by Gasteiger charge is -2.30. The van der Waals surface area contributed by atoms with Gasteiger partial charge in [-0.2, -0.15) is 0 Å². The van der Waals surface area contributed by atoms with E-state index in [1.807, 2.05) is 30.3 Å². The van der Waals surface area contributed by atoms with Crippen molar-refractivity contribution in [3.05, 3.63) is 60.2 Å². The summed E-state index contributed by atoms with van der Waals surface area (Å²) in [6, 6.07) is 9.10. The Kier molecular flexibility index (Phi) is 7.80. The number of anilines is 3. The highest BCUT2D eigenvalue weighted by Gasteiger charge is 2.26. The summed E-state index contributed by atoms with van der Waals surface area (Å²) in [5, 5.41) is 5.83. The first-order valence-corrected chi connectivity index (χ1v) is 12.6. The van der Waals surface area contributed by atoms with Crippen LogP contribution >= 0.6 is 0 Å². The number of carbonyl (C=O) groups excluding carboxylic acids is 2. The largest absolute Gasteiger partial charge is 0.382 e. The molecule has 2 aromatic heterocycles. The lowest BCUT2D eigenvalue weighted by molar-refractivity contribution is -0.124. The summed E-state index contributed by atoms with van der Waals surface area (Å²) in [5.74, 6) is -0.512. The Morgan fingerprint density at radius 3 is 2.63 bits per heavy atom. The highest BCUT2D eigenvalue weighted by molar-refractivity contribution is 6.07. The molecule has 3 aromatic rings. The molecule has 2 aliphatic rings. The Morgan fingerprint density at radius 2 is 1.89 bits per heavy atom. The van der Waals surface area contributed by atoms with Crippen molar-refractivity contribution in [2.75, 3.05) is 48.8 Å². The smallest absolute Gasteiger partial charge is 0.278 e. The maximum Gasteiger partial charge on any atom is 0.278 e. The van der Waals surface area contributed by atoms with Crippen LogP contribution in [0.3, 0.4) is 0 Å². The minimum absolute atomic E-state index is 0.0264. The van der Waals surface area contributed by atoms with Gasteiger partial charge >= 0.3 is 0 Å². The van der Waals surface area contributed by atoms with Gasteiger partial charge in [-0.05, 0) is 31.0 Å². The van der Waals surface area contributed by atoms with E-state index in [2.05, 4.69) is 30.5 Å². The topological polar surface area (TPSA) is 139 Å². The zero-order chi connectivity index (χ0) is 26.5. The lowest BCUT2D eigenvalue weighted by Crippen LogP contribution is -2.41. The van der Waals surface area contributed by atoms with E-state index in [1.54, 1.807) is 17.2 Å². The van der Waals surface area contributed by atoms with E-state index >= 15 is 0 Å². The van der Waals surface area contributed by atoms with Crippen molar-refractivity contribution in [1.29, 1.82) is 0 Å². The van der Waals surface area contributed by atoms with Gasteiger partial charge in [-0.1, -0.05) is 24.3 Å². The van der Waals surface area contributed by atoms with Crippen LogP contribution in [0, 0.1) is 0 Å². The first-order chi connectivity index (χ1) is 18.5. The molecule has 5 rings (SSSR count). The van der Waals surface area contributed by atoms with Crippen LogP contribution in [0.4, 0.5) is 17.2 Å². The molecule has 4 N–H and O–H groups in total. The highest BCUT2D eigenvalue weighted by atomic mass is 16.5. The molecule has 2 saturated heterocycles. The maximum atomic E-state index is 13.2. The number of carbonyl (C=O) groups is 2. The van der Waals surface area contributed by atoms with Crippen LogP contribution in [-0.4, -0.2) is 78.4 Å². The standard InChI is InChI=1S/C26H29BN8O3/c27-35-9-1-2-22(35)25(36)31-14-17-3-5-18(6-4-17)19-16-30-24(28)23(32-19)26(37)33-20-15-29-8-7-21(20)34-10-12-38-13-11-34/h3-8,15-16,22H,1-2,9-14H2,(H2,28,30)(H,31,36)(H,33,37)/t22-/m0/s1. The predicted molar refractivity (Wildman–Crippen MR) is 144 cm³/mol. The second kappa shape index (κ2) is 11.6. The van der Waals surface area contributed by atoms with Gasteiger partial charge in [-0.15, -0.1) is 0 Å². The van der Waals surface area contributed by atoms with Crippen molar-refractivity contribution < 1.29 is 14.3 Å². The molecule has 0 saturated carbocycles. The Labute approximate surface area is 222 Å². The molecule has 1 atom stereocenters. The van der Waals surface area contributed by atoms with Crippen LogP contribution in [0.15, 0.2) is 48.9 Å². The van der Waals surface area contributed by atoms with E-state index in [9.17, 15) is 9.59 Å². The molecule has 11 nitrogen and oxygen atoms in total. The van der Waals surface area contributed by atoms with Gasteiger partial charge in [0.2, 0.25) is 5.91 Å². The fourth-order valence-corrected chi connectivity index (χ4v) is 4.62. The molecule has 194 valence electrons. The summed E-state index contributed by atoms with van der Waals surface area (Å²) in [6.45, 7) is 3.79. The summed E-state index contributed by atoms with van der Waals surface area (Å²) in [6.07, 6.45) is 6.50.